The number of imidazole rings is 1. The number of nitrogens with one attached hydrogen (secondary N) is 1. The summed E-state index contributed by atoms with van der Waals surface area (Å²) >= 11 is 0. The molecule has 1 saturated heterocycles. The Morgan fingerprint density at radius 1 is 1.44 bits per heavy atom. The fourth-order valence-electron chi connectivity index (χ4n) is 3.35. The molecule has 1 aliphatic heterocycles. The molecule has 0 bridgehead atoms. The van der Waals surface area contributed by atoms with Crippen LogP contribution in [-0.4, -0.2) is 77.7 Å². The van der Waals surface area contributed by atoms with Gasteiger partial charge >= 0.3 is 6.03 Å². The van der Waals surface area contributed by atoms with Crippen molar-refractivity contribution in [1.29, 1.82) is 0 Å². The average Bonchev–Trinajstić information content (AvgIpc) is 3.12. The fourth-order valence-corrected chi connectivity index (χ4v) is 3.35. The molecule has 1 aromatic rings. The van der Waals surface area contributed by atoms with Crippen molar-refractivity contribution in [2.45, 2.75) is 25.8 Å². The lowest BCUT2D eigenvalue weighted by Crippen LogP contribution is -2.44. The minimum Gasteiger partial charge on any atom is -0.375 e. The van der Waals surface area contributed by atoms with Crippen molar-refractivity contribution in [3.8, 4) is 0 Å². The standard InChI is InChI=1S/C17H29N5O3/c1-12(2)8-21(4)17(24)22-9-13(16-18-6-7-20(16)3)14(10-22)19-15(23)11-25-5/h6-7,12-14H,8-11H2,1-5H3,(H,19,23)/t13-,14-/m1/s1. The Morgan fingerprint density at radius 2 is 2.16 bits per heavy atom. The molecule has 2 heterocycles. The summed E-state index contributed by atoms with van der Waals surface area (Å²) in [6.07, 6.45) is 3.61. The van der Waals surface area contributed by atoms with Gasteiger partial charge in [0, 0.05) is 53.2 Å². The number of aromatic nitrogens is 2. The van der Waals surface area contributed by atoms with Gasteiger partial charge in [0.1, 0.15) is 12.4 Å². The summed E-state index contributed by atoms with van der Waals surface area (Å²) in [5.41, 5.74) is 0. The van der Waals surface area contributed by atoms with E-state index in [9.17, 15) is 9.59 Å². The van der Waals surface area contributed by atoms with Crippen LogP contribution in [0.15, 0.2) is 12.4 Å². The summed E-state index contributed by atoms with van der Waals surface area (Å²) in [5, 5.41) is 2.98. The van der Waals surface area contributed by atoms with Crippen molar-refractivity contribution in [3.63, 3.8) is 0 Å². The van der Waals surface area contributed by atoms with Crippen LogP contribution in [0.2, 0.25) is 0 Å². The molecular weight excluding hydrogens is 322 g/mol. The number of hydrogen-bond acceptors (Lipinski definition) is 4. The second-order valence-corrected chi connectivity index (χ2v) is 7.07. The van der Waals surface area contributed by atoms with Gasteiger partial charge in [0.05, 0.1) is 12.0 Å². The van der Waals surface area contributed by atoms with Gasteiger partial charge in [-0.2, -0.15) is 0 Å². The first-order valence-electron chi connectivity index (χ1n) is 8.59. The third-order valence-electron chi connectivity index (χ3n) is 4.37. The van der Waals surface area contributed by atoms with E-state index in [-0.39, 0.29) is 30.5 Å². The van der Waals surface area contributed by atoms with E-state index in [4.69, 9.17) is 4.74 Å². The molecule has 0 spiro atoms. The average molecular weight is 351 g/mol. The van der Waals surface area contributed by atoms with E-state index in [0.717, 1.165) is 5.82 Å². The van der Waals surface area contributed by atoms with E-state index in [2.05, 4.69) is 24.1 Å². The molecule has 25 heavy (non-hydrogen) atoms. The summed E-state index contributed by atoms with van der Waals surface area (Å²) in [4.78, 5) is 32.6. The molecule has 8 nitrogen and oxygen atoms in total. The number of urea groups is 1. The highest BCUT2D eigenvalue weighted by Gasteiger charge is 2.39. The summed E-state index contributed by atoms with van der Waals surface area (Å²) in [7, 11) is 5.22. The topological polar surface area (TPSA) is 79.7 Å². The lowest BCUT2D eigenvalue weighted by atomic mass is 10.0. The zero-order valence-corrected chi connectivity index (χ0v) is 15.7. The number of carbonyl (C=O) groups is 2. The van der Waals surface area contributed by atoms with E-state index in [0.29, 0.717) is 25.6 Å². The molecule has 3 amide bonds. The number of ether oxygens (including phenoxy) is 1. The van der Waals surface area contributed by atoms with Crippen LogP contribution < -0.4 is 5.32 Å². The predicted octanol–water partition coefficient (Wildman–Crippen LogP) is 0.658. The number of nitrogens with zero attached hydrogens (tertiary/aromatic N) is 4. The van der Waals surface area contributed by atoms with Crippen molar-refractivity contribution < 1.29 is 14.3 Å². The van der Waals surface area contributed by atoms with Crippen molar-refractivity contribution in [3.05, 3.63) is 18.2 Å². The van der Waals surface area contributed by atoms with Gasteiger partial charge in [0.2, 0.25) is 5.91 Å². The van der Waals surface area contributed by atoms with E-state index < -0.39 is 0 Å². The predicted molar refractivity (Wildman–Crippen MR) is 94.2 cm³/mol. The van der Waals surface area contributed by atoms with E-state index in [1.54, 1.807) is 16.0 Å². The second-order valence-electron chi connectivity index (χ2n) is 7.07. The zero-order chi connectivity index (χ0) is 18.6. The van der Waals surface area contributed by atoms with Crippen LogP contribution in [0.4, 0.5) is 4.79 Å². The Kier molecular flexibility index (Phi) is 6.41. The van der Waals surface area contributed by atoms with E-state index in [1.807, 2.05) is 24.9 Å². The summed E-state index contributed by atoms with van der Waals surface area (Å²) in [5.74, 6) is 1.04. The Morgan fingerprint density at radius 3 is 2.72 bits per heavy atom. The third kappa shape index (κ3) is 4.72. The molecule has 0 aliphatic carbocycles. The van der Waals surface area contributed by atoms with E-state index in [1.165, 1.54) is 7.11 Å². The molecule has 1 aliphatic rings. The molecule has 2 atom stereocenters. The van der Waals surface area contributed by atoms with Crippen molar-refractivity contribution in [1.82, 2.24) is 24.7 Å². The van der Waals surface area contributed by atoms with Gasteiger partial charge in [0.15, 0.2) is 0 Å². The van der Waals surface area contributed by atoms with Gasteiger partial charge in [0.25, 0.3) is 0 Å². The Balaban J connectivity index is 2.14. The highest BCUT2D eigenvalue weighted by atomic mass is 16.5. The number of hydrogen-bond donors (Lipinski definition) is 1. The van der Waals surface area contributed by atoms with Crippen molar-refractivity contribution in [2.75, 3.05) is 40.4 Å². The van der Waals surface area contributed by atoms with Gasteiger partial charge < -0.3 is 24.4 Å². The number of aryl methyl sites for hydroxylation is 1. The number of methoxy groups -OCH3 is 1. The van der Waals surface area contributed by atoms with Crippen LogP contribution in [0, 0.1) is 5.92 Å². The number of rotatable bonds is 6. The maximum absolute atomic E-state index is 12.7. The van der Waals surface area contributed by atoms with Gasteiger partial charge in [-0.3, -0.25) is 4.79 Å². The van der Waals surface area contributed by atoms with Crippen LogP contribution in [-0.2, 0) is 16.6 Å². The molecule has 0 aromatic carbocycles. The highest BCUT2D eigenvalue weighted by molar-refractivity contribution is 5.78. The monoisotopic (exact) mass is 351 g/mol. The second kappa shape index (κ2) is 8.33. The van der Waals surface area contributed by atoms with Crippen LogP contribution >= 0.6 is 0 Å². The summed E-state index contributed by atoms with van der Waals surface area (Å²) < 4.78 is 6.83. The van der Waals surface area contributed by atoms with E-state index >= 15 is 0 Å². The zero-order valence-electron chi connectivity index (χ0n) is 15.7. The first kappa shape index (κ1) is 19.2. The first-order valence-corrected chi connectivity index (χ1v) is 8.59. The SMILES string of the molecule is COCC(=O)N[C@@H]1CN(C(=O)N(C)CC(C)C)C[C@H]1c1nccn1C. The number of carbonyl (C=O) groups excluding carboxylic acids is 2. The Labute approximate surface area is 149 Å². The van der Waals surface area contributed by atoms with Gasteiger partial charge in [-0.15, -0.1) is 0 Å². The van der Waals surface area contributed by atoms with Crippen LogP contribution in [0.3, 0.4) is 0 Å². The minimum atomic E-state index is -0.184. The quantitative estimate of drug-likeness (QED) is 0.816. The molecule has 1 N–H and O–H groups in total. The molecule has 140 valence electrons. The maximum atomic E-state index is 12.7. The maximum Gasteiger partial charge on any atom is 0.319 e. The molecule has 8 heteroatoms. The smallest absolute Gasteiger partial charge is 0.319 e. The van der Waals surface area contributed by atoms with Crippen LogP contribution in [0.5, 0.6) is 0 Å². The first-order chi connectivity index (χ1) is 11.8. The van der Waals surface area contributed by atoms with Crippen LogP contribution in [0.25, 0.3) is 0 Å². The normalized spacial score (nSPS) is 20.2. The molecular formula is C17H29N5O3. The summed E-state index contributed by atoms with van der Waals surface area (Å²) in [6, 6.07) is -0.198. The lowest BCUT2D eigenvalue weighted by Gasteiger charge is -2.26. The highest BCUT2D eigenvalue weighted by Crippen LogP contribution is 2.27. The molecule has 2 rings (SSSR count). The Hall–Kier alpha value is -2.09. The molecule has 1 fully saturated rings. The number of likely N-dealkylation sites (tertiary alicyclic amines) is 1. The van der Waals surface area contributed by atoms with Gasteiger partial charge in [-0.05, 0) is 5.92 Å². The summed E-state index contributed by atoms with van der Waals surface area (Å²) in [6.45, 7) is 5.86. The molecule has 0 saturated carbocycles. The molecule has 0 radical (unpaired) electrons. The Bertz CT molecular complexity index is 601. The lowest BCUT2D eigenvalue weighted by molar-refractivity contribution is -0.125. The molecule has 1 aromatic heterocycles. The largest absolute Gasteiger partial charge is 0.375 e. The van der Waals surface area contributed by atoms with Crippen molar-refractivity contribution >= 4 is 11.9 Å². The van der Waals surface area contributed by atoms with Gasteiger partial charge in [-0.1, -0.05) is 13.8 Å². The third-order valence-corrected chi connectivity index (χ3v) is 4.37. The van der Waals surface area contributed by atoms with Crippen LogP contribution in [0.1, 0.15) is 25.6 Å². The van der Waals surface area contributed by atoms with Gasteiger partial charge in [-0.25, -0.2) is 9.78 Å². The van der Waals surface area contributed by atoms with Crippen molar-refractivity contribution in [2.24, 2.45) is 13.0 Å². The fraction of sp³-hybridized carbons (Fsp3) is 0.706. The number of amides is 3. The minimum absolute atomic E-state index is 0.00494. The molecule has 0 unspecified atom stereocenters.